The number of hydrogen-bond acceptors (Lipinski definition) is 7. The maximum Gasteiger partial charge on any atom is 0.319 e. The van der Waals surface area contributed by atoms with Crippen molar-refractivity contribution < 1.29 is 9.53 Å². The number of benzene rings is 1. The van der Waals surface area contributed by atoms with Gasteiger partial charge in [-0.2, -0.15) is 0 Å². The summed E-state index contributed by atoms with van der Waals surface area (Å²) >= 11 is 0. The maximum absolute atomic E-state index is 12.7. The van der Waals surface area contributed by atoms with E-state index in [2.05, 4.69) is 84.3 Å². The molecule has 0 bridgehead atoms. The van der Waals surface area contributed by atoms with Gasteiger partial charge in [-0.3, -0.25) is 4.57 Å². The van der Waals surface area contributed by atoms with Crippen molar-refractivity contribution in [1.82, 2.24) is 29.7 Å². The van der Waals surface area contributed by atoms with E-state index in [0.717, 1.165) is 38.0 Å². The molecule has 1 fully saturated rings. The average Bonchev–Trinajstić information content (AvgIpc) is 3.49. The van der Waals surface area contributed by atoms with Gasteiger partial charge in [-0.25, -0.2) is 19.7 Å². The SMILES string of the molecule is CC(C)C(CCN(C)CC1CCC(n2cnc3c(N)ncnc32)O1)NC(=O)Nc1ccc(C(C)(C)C)cc1. The summed E-state index contributed by atoms with van der Waals surface area (Å²) in [6.45, 7) is 12.5. The van der Waals surface area contributed by atoms with Gasteiger partial charge in [0.2, 0.25) is 0 Å². The molecule has 10 nitrogen and oxygen atoms in total. The lowest BCUT2D eigenvalue weighted by atomic mass is 9.87. The Bertz CT molecular complexity index is 1220. The lowest BCUT2D eigenvalue weighted by molar-refractivity contribution is -0.00883. The second-order valence-electron chi connectivity index (χ2n) is 11.7. The third-order valence-corrected chi connectivity index (χ3v) is 7.25. The topological polar surface area (TPSA) is 123 Å². The number of nitrogens with two attached hydrogens (primary N) is 1. The van der Waals surface area contributed by atoms with Gasteiger partial charge in [0, 0.05) is 18.3 Å². The van der Waals surface area contributed by atoms with Crippen LogP contribution in [0.3, 0.4) is 0 Å². The molecular formula is C28H42N8O2. The normalized spacial score (nSPS) is 18.8. The fourth-order valence-corrected chi connectivity index (χ4v) is 4.87. The third-order valence-electron chi connectivity index (χ3n) is 7.25. The van der Waals surface area contributed by atoms with Crippen LogP contribution in [0.25, 0.3) is 11.2 Å². The number of ether oxygens (including phenoxy) is 1. The Kier molecular flexibility index (Phi) is 8.52. The van der Waals surface area contributed by atoms with Gasteiger partial charge >= 0.3 is 6.03 Å². The van der Waals surface area contributed by atoms with Crippen LogP contribution in [0.1, 0.15) is 65.7 Å². The molecule has 0 aliphatic carbocycles. The standard InChI is InChI=1S/C28H42N8O2/c1-18(2)22(34-27(37)33-20-9-7-19(8-10-20)28(3,4)5)13-14-35(6)15-21-11-12-23(38-21)36-17-32-24-25(29)30-16-31-26(24)36/h7-10,16-18,21-23H,11-15H2,1-6H3,(H2,29,30,31)(H2,33,34,37). The van der Waals surface area contributed by atoms with Crippen molar-refractivity contribution in [1.29, 1.82) is 0 Å². The zero-order valence-corrected chi connectivity index (χ0v) is 23.4. The highest BCUT2D eigenvalue weighted by atomic mass is 16.5. The fraction of sp³-hybridized carbons (Fsp3) is 0.571. The summed E-state index contributed by atoms with van der Waals surface area (Å²) < 4.78 is 8.29. The van der Waals surface area contributed by atoms with Crippen molar-refractivity contribution in [3.63, 3.8) is 0 Å². The van der Waals surface area contributed by atoms with Crippen molar-refractivity contribution in [3.8, 4) is 0 Å². The predicted molar refractivity (Wildman–Crippen MR) is 151 cm³/mol. The first kappa shape index (κ1) is 27.8. The summed E-state index contributed by atoms with van der Waals surface area (Å²) in [5.41, 5.74) is 9.34. The number of aromatic nitrogens is 4. The minimum Gasteiger partial charge on any atom is -0.382 e. The number of nitrogens with zero attached hydrogens (tertiary/aromatic N) is 5. The molecule has 1 aliphatic rings. The number of anilines is 2. The molecule has 1 aromatic carbocycles. The van der Waals surface area contributed by atoms with Gasteiger partial charge in [0.15, 0.2) is 11.5 Å². The van der Waals surface area contributed by atoms with Crippen molar-refractivity contribution in [3.05, 3.63) is 42.5 Å². The van der Waals surface area contributed by atoms with Gasteiger partial charge in [-0.05, 0) is 61.9 Å². The van der Waals surface area contributed by atoms with E-state index in [0.29, 0.717) is 22.9 Å². The quantitative estimate of drug-likeness (QED) is 0.377. The molecule has 206 valence electrons. The summed E-state index contributed by atoms with van der Waals surface area (Å²) in [5, 5.41) is 6.14. The van der Waals surface area contributed by atoms with E-state index in [9.17, 15) is 4.79 Å². The van der Waals surface area contributed by atoms with Crippen LogP contribution in [-0.4, -0.2) is 62.7 Å². The Morgan fingerprint density at radius 1 is 1.18 bits per heavy atom. The number of imidazole rings is 1. The number of hydrogen-bond donors (Lipinski definition) is 3. The highest BCUT2D eigenvalue weighted by Crippen LogP contribution is 2.31. The third kappa shape index (κ3) is 6.79. The van der Waals surface area contributed by atoms with Crippen LogP contribution >= 0.6 is 0 Å². The van der Waals surface area contributed by atoms with Gasteiger partial charge < -0.3 is 26.0 Å². The molecule has 4 N–H and O–H groups in total. The minimum atomic E-state index is -0.172. The van der Waals surface area contributed by atoms with Crippen LogP contribution in [0.4, 0.5) is 16.3 Å². The molecule has 0 spiro atoms. The first-order valence-corrected chi connectivity index (χ1v) is 13.5. The number of fused-ring (bicyclic) bond motifs is 1. The minimum absolute atomic E-state index is 0.0611. The summed E-state index contributed by atoms with van der Waals surface area (Å²) in [4.78, 5) is 27.7. The smallest absolute Gasteiger partial charge is 0.319 e. The van der Waals surface area contributed by atoms with E-state index < -0.39 is 0 Å². The second kappa shape index (κ2) is 11.7. The zero-order chi connectivity index (χ0) is 27.4. The average molecular weight is 523 g/mol. The summed E-state index contributed by atoms with van der Waals surface area (Å²) in [5.74, 6) is 0.692. The Morgan fingerprint density at radius 2 is 1.92 bits per heavy atom. The molecule has 2 amide bonds. The predicted octanol–water partition coefficient (Wildman–Crippen LogP) is 4.55. The van der Waals surface area contributed by atoms with Crippen LogP contribution in [0.5, 0.6) is 0 Å². The van der Waals surface area contributed by atoms with Gasteiger partial charge in [-0.15, -0.1) is 0 Å². The molecule has 3 atom stereocenters. The molecule has 3 heterocycles. The molecule has 1 aliphatic heterocycles. The number of carbonyl (C=O) groups excluding carboxylic acids is 1. The van der Waals surface area contributed by atoms with Crippen LogP contribution < -0.4 is 16.4 Å². The number of nitrogens with one attached hydrogen (secondary N) is 2. The molecule has 38 heavy (non-hydrogen) atoms. The molecule has 3 aromatic rings. The van der Waals surface area contributed by atoms with E-state index in [1.165, 1.54) is 11.9 Å². The van der Waals surface area contributed by atoms with Crippen LogP contribution in [0.15, 0.2) is 36.9 Å². The lowest BCUT2D eigenvalue weighted by Crippen LogP contribution is -2.43. The molecule has 3 unspecified atom stereocenters. The molecular weight excluding hydrogens is 480 g/mol. The molecule has 4 rings (SSSR count). The van der Waals surface area contributed by atoms with E-state index in [1.54, 1.807) is 6.33 Å². The van der Waals surface area contributed by atoms with E-state index in [-0.39, 0.29) is 29.8 Å². The second-order valence-corrected chi connectivity index (χ2v) is 11.7. The Hall–Kier alpha value is -3.24. The number of urea groups is 1. The Labute approximate surface area is 225 Å². The largest absolute Gasteiger partial charge is 0.382 e. The highest BCUT2D eigenvalue weighted by molar-refractivity contribution is 5.89. The van der Waals surface area contributed by atoms with Crippen molar-refractivity contribution in [2.75, 3.05) is 31.2 Å². The number of rotatable bonds is 9. The van der Waals surface area contributed by atoms with Gasteiger partial charge in [0.1, 0.15) is 18.1 Å². The van der Waals surface area contributed by atoms with E-state index in [1.807, 2.05) is 16.7 Å². The van der Waals surface area contributed by atoms with Crippen molar-refractivity contribution in [2.45, 2.75) is 77.7 Å². The molecule has 2 aromatic heterocycles. The Balaban J connectivity index is 1.24. The lowest BCUT2D eigenvalue weighted by Gasteiger charge is -2.27. The van der Waals surface area contributed by atoms with Gasteiger partial charge in [0.05, 0.1) is 12.4 Å². The number of likely N-dealkylation sites (N-methyl/N-ethyl adjacent to an activating group) is 1. The molecule has 10 heteroatoms. The molecule has 1 saturated heterocycles. The van der Waals surface area contributed by atoms with Crippen LogP contribution in [-0.2, 0) is 10.2 Å². The van der Waals surface area contributed by atoms with Crippen molar-refractivity contribution >= 4 is 28.7 Å². The van der Waals surface area contributed by atoms with Crippen LogP contribution in [0, 0.1) is 5.92 Å². The van der Waals surface area contributed by atoms with Gasteiger partial charge in [0.25, 0.3) is 0 Å². The van der Waals surface area contributed by atoms with Gasteiger partial charge in [-0.1, -0.05) is 46.8 Å². The number of amides is 2. The fourth-order valence-electron chi connectivity index (χ4n) is 4.87. The van der Waals surface area contributed by atoms with E-state index in [4.69, 9.17) is 10.5 Å². The Morgan fingerprint density at radius 3 is 2.61 bits per heavy atom. The summed E-state index contributed by atoms with van der Waals surface area (Å²) in [7, 11) is 2.10. The first-order valence-electron chi connectivity index (χ1n) is 13.5. The first-order chi connectivity index (χ1) is 18.0. The van der Waals surface area contributed by atoms with E-state index >= 15 is 0 Å². The van der Waals surface area contributed by atoms with Crippen molar-refractivity contribution in [2.24, 2.45) is 5.92 Å². The highest BCUT2D eigenvalue weighted by Gasteiger charge is 2.29. The monoisotopic (exact) mass is 522 g/mol. The molecule has 0 saturated carbocycles. The summed E-state index contributed by atoms with van der Waals surface area (Å²) in [6, 6.07) is 7.94. The molecule has 0 radical (unpaired) electrons. The summed E-state index contributed by atoms with van der Waals surface area (Å²) in [6.07, 6.45) is 5.89. The van der Waals surface area contributed by atoms with Crippen LogP contribution in [0.2, 0.25) is 0 Å². The number of carbonyl (C=O) groups is 1. The number of nitrogen functional groups attached to an aromatic ring is 1. The zero-order valence-electron chi connectivity index (χ0n) is 23.4. The maximum atomic E-state index is 12.7.